The molecule has 2 aromatic carbocycles. The zero-order valence-corrected chi connectivity index (χ0v) is 11.8. The summed E-state index contributed by atoms with van der Waals surface area (Å²) in [6, 6.07) is 18.1. The third-order valence-electron chi connectivity index (χ3n) is 2.83. The van der Waals surface area contributed by atoms with Crippen LogP contribution in [0.5, 0.6) is 0 Å². The van der Waals surface area contributed by atoms with E-state index in [0.29, 0.717) is 5.25 Å². The maximum absolute atomic E-state index is 6.27. The van der Waals surface area contributed by atoms with Crippen molar-refractivity contribution in [2.45, 2.75) is 23.1 Å². The summed E-state index contributed by atoms with van der Waals surface area (Å²) >= 11 is 7.67. The van der Waals surface area contributed by atoms with E-state index in [1.807, 2.05) is 42.5 Å². The lowest BCUT2D eigenvalue weighted by Gasteiger charge is -2.20. The van der Waals surface area contributed by atoms with Gasteiger partial charge in [0.1, 0.15) is 0 Å². The molecule has 2 atom stereocenters. The highest BCUT2D eigenvalue weighted by molar-refractivity contribution is 8.00. The molecule has 2 aromatic rings. The van der Waals surface area contributed by atoms with Gasteiger partial charge < -0.3 is 5.73 Å². The number of hydrogen-bond donors (Lipinski definition) is 1. The second-order valence-electron chi connectivity index (χ2n) is 4.21. The molecule has 0 heterocycles. The van der Waals surface area contributed by atoms with E-state index in [4.69, 9.17) is 17.3 Å². The Morgan fingerprint density at radius 3 is 2.22 bits per heavy atom. The van der Waals surface area contributed by atoms with Gasteiger partial charge >= 0.3 is 0 Å². The fourth-order valence-corrected chi connectivity index (χ4v) is 2.92. The van der Waals surface area contributed by atoms with Crippen LogP contribution in [0.4, 0.5) is 0 Å². The Kier molecular flexibility index (Phi) is 4.70. The summed E-state index contributed by atoms with van der Waals surface area (Å²) in [7, 11) is 0. The molecule has 0 aliphatic rings. The molecule has 0 bridgehead atoms. The maximum Gasteiger partial charge on any atom is 0.0416 e. The lowest BCUT2D eigenvalue weighted by Crippen LogP contribution is -2.20. The second kappa shape index (κ2) is 6.28. The van der Waals surface area contributed by atoms with Crippen LogP contribution >= 0.6 is 23.4 Å². The van der Waals surface area contributed by atoms with Gasteiger partial charge in [0, 0.05) is 21.2 Å². The summed E-state index contributed by atoms with van der Waals surface area (Å²) in [5.41, 5.74) is 7.39. The maximum atomic E-state index is 6.27. The number of nitrogens with two attached hydrogens (primary N) is 1. The Bertz CT molecular complexity index is 484. The van der Waals surface area contributed by atoms with Crippen LogP contribution in [0.1, 0.15) is 18.5 Å². The van der Waals surface area contributed by atoms with Crippen molar-refractivity contribution in [1.82, 2.24) is 0 Å². The third-order valence-corrected chi connectivity index (χ3v) is 4.29. The van der Waals surface area contributed by atoms with Crippen molar-refractivity contribution in [1.29, 1.82) is 0 Å². The van der Waals surface area contributed by atoms with Crippen LogP contribution in [-0.4, -0.2) is 5.25 Å². The third kappa shape index (κ3) is 3.52. The molecule has 0 radical (unpaired) electrons. The molecule has 0 fully saturated rings. The van der Waals surface area contributed by atoms with Crippen LogP contribution in [0.15, 0.2) is 59.5 Å². The smallest absolute Gasteiger partial charge is 0.0416 e. The van der Waals surface area contributed by atoms with E-state index in [2.05, 4.69) is 19.1 Å². The Hall–Kier alpha value is -0.960. The van der Waals surface area contributed by atoms with Crippen molar-refractivity contribution in [3.8, 4) is 0 Å². The minimum absolute atomic E-state index is 0.00692. The Morgan fingerprint density at radius 2 is 1.61 bits per heavy atom. The van der Waals surface area contributed by atoms with Gasteiger partial charge in [0.2, 0.25) is 0 Å². The molecule has 0 aliphatic heterocycles. The average Bonchev–Trinajstić information content (AvgIpc) is 2.40. The molecule has 18 heavy (non-hydrogen) atoms. The van der Waals surface area contributed by atoms with Crippen molar-refractivity contribution >= 4 is 23.4 Å². The highest BCUT2D eigenvalue weighted by atomic mass is 35.5. The van der Waals surface area contributed by atoms with Crippen LogP contribution in [-0.2, 0) is 0 Å². The quantitative estimate of drug-likeness (QED) is 0.832. The van der Waals surface area contributed by atoms with Crippen molar-refractivity contribution < 1.29 is 0 Å². The van der Waals surface area contributed by atoms with E-state index in [-0.39, 0.29) is 6.04 Å². The monoisotopic (exact) mass is 277 g/mol. The first-order chi connectivity index (χ1) is 8.66. The molecular formula is C15H16ClNS. The molecule has 0 aromatic heterocycles. The number of hydrogen-bond acceptors (Lipinski definition) is 2. The molecule has 94 valence electrons. The predicted molar refractivity (Wildman–Crippen MR) is 80.1 cm³/mol. The Morgan fingerprint density at radius 1 is 1.00 bits per heavy atom. The summed E-state index contributed by atoms with van der Waals surface area (Å²) in [6.45, 7) is 2.15. The van der Waals surface area contributed by atoms with Gasteiger partial charge in [-0.05, 0) is 29.8 Å². The molecule has 0 spiro atoms. The largest absolute Gasteiger partial charge is 0.323 e. The van der Waals surface area contributed by atoms with E-state index < -0.39 is 0 Å². The van der Waals surface area contributed by atoms with Gasteiger partial charge in [-0.3, -0.25) is 0 Å². The second-order valence-corrected chi connectivity index (χ2v) is 6.10. The summed E-state index contributed by atoms with van der Waals surface area (Å²) in [6.07, 6.45) is 0. The highest BCUT2D eigenvalue weighted by Crippen LogP contribution is 2.30. The molecule has 0 saturated heterocycles. The highest BCUT2D eigenvalue weighted by Gasteiger charge is 2.15. The molecule has 3 heteroatoms. The van der Waals surface area contributed by atoms with Gasteiger partial charge in [-0.15, -0.1) is 11.8 Å². The van der Waals surface area contributed by atoms with Crippen molar-refractivity contribution in [2.24, 2.45) is 5.73 Å². The van der Waals surface area contributed by atoms with Crippen molar-refractivity contribution in [3.05, 3.63) is 65.2 Å². The zero-order chi connectivity index (χ0) is 13.0. The SMILES string of the molecule is C[C@@H](Sc1ccccc1)[C@@H](N)c1ccc(Cl)cc1. The standard InChI is InChI=1S/C15H16ClNS/c1-11(18-14-5-3-2-4-6-14)15(17)12-7-9-13(16)10-8-12/h2-11,15H,17H2,1H3/t11-,15-/m1/s1. The number of thioether (sulfide) groups is 1. The molecule has 1 nitrogen and oxygen atoms in total. The van der Waals surface area contributed by atoms with Crippen LogP contribution < -0.4 is 5.73 Å². The number of halogens is 1. The summed E-state index contributed by atoms with van der Waals surface area (Å²) in [5.74, 6) is 0. The van der Waals surface area contributed by atoms with Gasteiger partial charge in [-0.1, -0.05) is 48.9 Å². The average molecular weight is 278 g/mol. The van der Waals surface area contributed by atoms with Crippen LogP contribution in [0.3, 0.4) is 0 Å². The molecule has 0 saturated carbocycles. The van der Waals surface area contributed by atoms with E-state index >= 15 is 0 Å². The first-order valence-electron chi connectivity index (χ1n) is 5.89. The van der Waals surface area contributed by atoms with Gasteiger partial charge in [-0.2, -0.15) is 0 Å². The van der Waals surface area contributed by atoms with E-state index in [0.717, 1.165) is 10.6 Å². The fourth-order valence-electron chi connectivity index (χ4n) is 1.74. The van der Waals surface area contributed by atoms with Gasteiger partial charge in [0.25, 0.3) is 0 Å². The molecular weight excluding hydrogens is 262 g/mol. The van der Waals surface area contributed by atoms with E-state index in [1.165, 1.54) is 4.90 Å². The number of benzene rings is 2. The van der Waals surface area contributed by atoms with E-state index in [1.54, 1.807) is 11.8 Å². The summed E-state index contributed by atoms with van der Waals surface area (Å²) in [5, 5.41) is 1.06. The first-order valence-corrected chi connectivity index (χ1v) is 7.15. The van der Waals surface area contributed by atoms with E-state index in [9.17, 15) is 0 Å². The normalized spacial score (nSPS) is 14.2. The minimum atomic E-state index is 0.00692. The van der Waals surface area contributed by atoms with Gasteiger partial charge in [0.05, 0.1) is 0 Å². The molecule has 0 amide bonds. The first kappa shape index (κ1) is 13.5. The lowest BCUT2D eigenvalue weighted by atomic mass is 10.1. The zero-order valence-electron chi connectivity index (χ0n) is 10.2. The molecule has 2 N–H and O–H groups in total. The molecule has 2 rings (SSSR count). The Balaban J connectivity index is 2.05. The summed E-state index contributed by atoms with van der Waals surface area (Å²) < 4.78 is 0. The van der Waals surface area contributed by atoms with Crippen LogP contribution in [0, 0.1) is 0 Å². The summed E-state index contributed by atoms with van der Waals surface area (Å²) in [4.78, 5) is 1.24. The van der Waals surface area contributed by atoms with Gasteiger partial charge in [0.15, 0.2) is 0 Å². The van der Waals surface area contributed by atoms with Crippen molar-refractivity contribution in [3.63, 3.8) is 0 Å². The fraction of sp³-hybridized carbons (Fsp3) is 0.200. The van der Waals surface area contributed by atoms with Crippen LogP contribution in [0.2, 0.25) is 5.02 Å². The van der Waals surface area contributed by atoms with Crippen LogP contribution in [0.25, 0.3) is 0 Å². The van der Waals surface area contributed by atoms with Crippen molar-refractivity contribution in [2.75, 3.05) is 0 Å². The topological polar surface area (TPSA) is 26.0 Å². The minimum Gasteiger partial charge on any atom is -0.323 e. The molecule has 0 unspecified atom stereocenters. The predicted octanol–water partition coefficient (Wildman–Crippen LogP) is 4.52. The lowest BCUT2D eigenvalue weighted by molar-refractivity contribution is 0.715. The number of rotatable bonds is 4. The Labute approximate surface area is 117 Å². The molecule has 0 aliphatic carbocycles. The van der Waals surface area contributed by atoms with Gasteiger partial charge in [-0.25, -0.2) is 0 Å².